The first-order valence-electron chi connectivity index (χ1n) is 6.53. The second kappa shape index (κ2) is 7.86. The van der Waals surface area contributed by atoms with Gasteiger partial charge in [0.1, 0.15) is 0 Å². The van der Waals surface area contributed by atoms with Crippen molar-refractivity contribution < 1.29 is 13.2 Å². The van der Waals surface area contributed by atoms with Crippen LogP contribution >= 0.6 is 0 Å². The Kier molecular flexibility index (Phi) is 6.47. The average Bonchev–Trinajstić information content (AvgIpc) is 2.45. The predicted octanol–water partition coefficient (Wildman–Crippen LogP) is 0.923. The second-order valence-electron chi connectivity index (χ2n) is 4.27. The summed E-state index contributed by atoms with van der Waals surface area (Å²) >= 11 is 0. The van der Waals surface area contributed by atoms with Crippen LogP contribution in [0.25, 0.3) is 0 Å². The van der Waals surface area contributed by atoms with Crippen molar-refractivity contribution in [3.05, 3.63) is 24.3 Å². The summed E-state index contributed by atoms with van der Waals surface area (Å²) in [5.41, 5.74) is 0.836. The zero-order chi connectivity index (χ0) is 15.0. The van der Waals surface area contributed by atoms with E-state index in [1.165, 1.54) is 12.1 Å². The van der Waals surface area contributed by atoms with Crippen molar-refractivity contribution in [2.75, 3.05) is 25.5 Å². The minimum Gasteiger partial charge on any atom is -0.388 e. The van der Waals surface area contributed by atoms with Gasteiger partial charge in [-0.3, -0.25) is 4.79 Å². The number of sulfonamides is 1. The first-order valence-corrected chi connectivity index (χ1v) is 8.02. The van der Waals surface area contributed by atoms with Crippen molar-refractivity contribution in [3.8, 4) is 0 Å². The lowest BCUT2D eigenvalue weighted by atomic mass is 10.3. The lowest BCUT2D eigenvalue weighted by Crippen LogP contribution is -2.31. The van der Waals surface area contributed by atoms with Gasteiger partial charge in [-0.15, -0.1) is 0 Å². The fourth-order valence-corrected chi connectivity index (χ4v) is 2.57. The fourth-order valence-electron chi connectivity index (χ4n) is 1.54. The van der Waals surface area contributed by atoms with Gasteiger partial charge >= 0.3 is 0 Å². The number of nitrogens with one attached hydrogen (secondary N) is 3. The van der Waals surface area contributed by atoms with Crippen LogP contribution in [-0.2, 0) is 14.8 Å². The molecule has 6 nitrogen and oxygen atoms in total. The normalized spacial score (nSPS) is 11.1. The number of carbonyl (C=O) groups is 1. The molecule has 0 heterocycles. The van der Waals surface area contributed by atoms with Crippen molar-refractivity contribution in [2.45, 2.75) is 24.7 Å². The van der Waals surface area contributed by atoms with Gasteiger partial charge in [-0.2, -0.15) is 0 Å². The molecule has 112 valence electrons. The molecule has 0 atom stereocenters. The van der Waals surface area contributed by atoms with Gasteiger partial charge in [-0.1, -0.05) is 6.92 Å². The first kappa shape index (κ1) is 16.5. The van der Waals surface area contributed by atoms with E-state index in [-0.39, 0.29) is 23.8 Å². The number of hydrogen-bond donors (Lipinski definition) is 3. The minimum atomic E-state index is -3.56. The highest BCUT2D eigenvalue weighted by molar-refractivity contribution is 7.89. The number of rotatable bonds is 8. The van der Waals surface area contributed by atoms with Crippen molar-refractivity contribution in [3.63, 3.8) is 0 Å². The quantitative estimate of drug-likeness (QED) is 0.666. The van der Waals surface area contributed by atoms with Crippen molar-refractivity contribution in [1.29, 1.82) is 0 Å². The van der Waals surface area contributed by atoms with E-state index < -0.39 is 10.0 Å². The third-order valence-corrected chi connectivity index (χ3v) is 4.15. The molecule has 0 aliphatic carbocycles. The standard InChI is InChI=1S/C13H21N3O3S/c1-3-9-15-13(17)8-10-16-20(18,19)12-6-4-11(14-2)5-7-12/h4-7,14,16H,3,8-10H2,1-2H3,(H,15,17). The van der Waals surface area contributed by atoms with Gasteiger partial charge in [0.25, 0.3) is 0 Å². The molecule has 1 rings (SSSR count). The molecule has 0 bridgehead atoms. The monoisotopic (exact) mass is 299 g/mol. The van der Waals surface area contributed by atoms with E-state index in [0.717, 1.165) is 12.1 Å². The number of anilines is 1. The predicted molar refractivity (Wildman–Crippen MR) is 79.1 cm³/mol. The van der Waals surface area contributed by atoms with E-state index in [4.69, 9.17) is 0 Å². The van der Waals surface area contributed by atoms with Crippen LogP contribution in [0.1, 0.15) is 19.8 Å². The molecule has 0 aliphatic rings. The molecule has 0 fully saturated rings. The number of benzene rings is 1. The van der Waals surface area contributed by atoms with Crippen LogP contribution in [0.3, 0.4) is 0 Å². The summed E-state index contributed by atoms with van der Waals surface area (Å²) in [5.74, 6) is -0.153. The number of amides is 1. The topological polar surface area (TPSA) is 87.3 Å². The molecule has 0 aliphatic heterocycles. The molecule has 1 aromatic carbocycles. The molecule has 0 aromatic heterocycles. The van der Waals surface area contributed by atoms with Crippen LogP contribution in [-0.4, -0.2) is 34.5 Å². The maximum Gasteiger partial charge on any atom is 0.240 e. The molecular weight excluding hydrogens is 278 g/mol. The van der Waals surface area contributed by atoms with Crippen LogP contribution in [0.5, 0.6) is 0 Å². The molecule has 0 saturated carbocycles. The SMILES string of the molecule is CCCNC(=O)CCNS(=O)(=O)c1ccc(NC)cc1. The summed E-state index contributed by atoms with van der Waals surface area (Å²) < 4.78 is 26.3. The summed E-state index contributed by atoms with van der Waals surface area (Å²) in [4.78, 5) is 11.5. The third kappa shape index (κ3) is 5.18. The molecule has 0 unspecified atom stereocenters. The summed E-state index contributed by atoms with van der Waals surface area (Å²) in [6.07, 6.45) is 0.989. The molecule has 20 heavy (non-hydrogen) atoms. The Morgan fingerprint density at radius 3 is 2.35 bits per heavy atom. The Morgan fingerprint density at radius 1 is 1.15 bits per heavy atom. The van der Waals surface area contributed by atoms with Crippen molar-refractivity contribution >= 4 is 21.6 Å². The summed E-state index contributed by atoms with van der Waals surface area (Å²) in [6.45, 7) is 2.65. The lowest BCUT2D eigenvalue weighted by molar-refractivity contribution is -0.120. The smallest absolute Gasteiger partial charge is 0.240 e. The van der Waals surface area contributed by atoms with E-state index in [0.29, 0.717) is 6.54 Å². The fraction of sp³-hybridized carbons (Fsp3) is 0.462. The summed E-state index contributed by atoms with van der Waals surface area (Å²) in [6, 6.07) is 6.40. The van der Waals surface area contributed by atoms with Gasteiger partial charge < -0.3 is 10.6 Å². The van der Waals surface area contributed by atoms with Gasteiger partial charge in [0.15, 0.2) is 0 Å². The highest BCUT2D eigenvalue weighted by atomic mass is 32.2. The van der Waals surface area contributed by atoms with Gasteiger partial charge in [-0.25, -0.2) is 13.1 Å². The zero-order valence-electron chi connectivity index (χ0n) is 11.8. The Bertz CT molecular complexity index is 526. The maximum absolute atomic E-state index is 12.0. The number of hydrogen-bond acceptors (Lipinski definition) is 4. The number of carbonyl (C=O) groups excluding carboxylic acids is 1. The Morgan fingerprint density at radius 2 is 1.80 bits per heavy atom. The summed E-state index contributed by atoms with van der Waals surface area (Å²) in [7, 11) is -1.80. The molecule has 0 radical (unpaired) electrons. The van der Waals surface area contributed by atoms with Crippen LogP contribution in [0.4, 0.5) is 5.69 Å². The molecule has 7 heteroatoms. The zero-order valence-corrected chi connectivity index (χ0v) is 12.6. The van der Waals surface area contributed by atoms with Crippen LogP contribution < -0.4 is 15.4 Å². The molecule has 0 spiro atoms. The van der Waals surface area contributed by atoms with E-state index in [1.807, 2.05) is 6.92 Å². The Balaban J connectivity index is 2.50. The van der Waals surface area contributed by atoms with E-state index in [1.54, 1.807) is 19.2 Å². The molecule has 0 saturated heterocycles. The van der Waals surface area contributed by atoms with Crippen molar-refractivity contribution in [1.82, 2.24) is 10.0 Å². The highest BCUT2D eigenvalue weighted by Gasteiger charge is 2.13. The first-order chi connectivity index (χ1) is 9.49. The minimum absolute atomic E-state index is 0.0889. The third-order valence-electron chi connectivity index (χ3n) is 2.67. The van der Waals surface area contributed by atoms with Crippen molar-refractivity contribution in [2.24, 2.45) is 0 Å². The van der Waals surface area contributed by atoms with Crippen LogP contribution in [0, 0.1) is 0 Å². The average molecular weight is 299 g/mol. The lowest BCUT2D eigenvalue weighted by Gasteiger charge is -2.08. The van der Waals surface area contributed by atoms with E-state index in [2.05, 4.69) is 15.4 Å². The van der Waals surface area contributed by atoms with Crippen LogP contribution in [0.2, 0.25) is 0 Å². The molecule has 3 N–H and O–H groups in total. The van der Waals surface area contributed by atoms with E-state index >= 15 is 0 Å². The maximum atomic E-state index is 12.0. The van der Waals surface area contributed by atoms with Gasteiger partial charge in [-0.05, 0) is 30.7 Å². The molecule has 1 amide bonds. The second-order valence-corrected chi connectivity index (χ2v) is 6.04. The summed E-state index contributed by atoms with van der Waals surface area (Å²) in [5, 5.41) is 5.61. The largest absolute Gasteiger partial charge is 0.388 e. The van der Waals surface area contributed by atoms with E-state index in [9.17, 15) is 13.2 Å². The molecular formula is C13H21N3O3S. The molecule has 1 aromatic rings. The Hall–Kier alpha value is -1.60. The van der Waals surface area contributed by atoms with Gasteiger partial charge in [0.05, 0.1) is 4.90 Å². The van der Waals surface area contributed by atoms with Crippen LogP contribution in [0.15, 0.2) is 29.2 Å². The highest BCUT2D eigenvalue weighted by Crippen LogP contribution is 2.13. The van der Waals surface area contributed by atoms with Gasteiger partial charge in [0, 0.05) is 32.2 Å². The Labute approximate surface area is 120 Å². The van der Waals surface area contributed by atoms with Gasteiger partial charge in [0.2, 0.25) is 15.9 Å².